The lowest BCUT2D eigenvalue weighted by Crippen LogP contribution is -2.07. The van der Waals surface area contributed by atoms with Gasteiger partial charge in [-0.2, -0.15) is 0 Å². The topological polar surface area (TPSA) is 73.6 Å². The number of pyridine rings is 1. The molecule has 8 heteroatoms. The van der Waals surface area contributed by atoms with Gasteiger partial charge in [0.05, 0.1) is 35.3 Å². The normalized spacial score (nSPS) is 10.9. The molecule has 0 spiro atoms. The maximum absolute atomic E-state index is 12.0. The SMILES string of the molecule is CCOC(=O)c1ncc2c(c1O)c(Br)c(Br)n2-c1ccc(OC)cc1. The molecule has 130 valence electrons. The van der Waals surface area contributed by atoms with Gasteiger partial charge < -0.3 is 19.1 Å². The Bertz CT molecular complexity index is 952. The van der Waals surface area contributed by atoms with E-state index >= 15 is 0 Å². The molecule has 1 N–H and O–H groups in total. The van der Waals surface area contributed by atoms with Gasteiger partial charge in [-0.25, -0.2) is 9.78 Å². The summed E-state index contributed by atoms with van der Waals surface area (Å²) in [5.74, 6) is -0.154. The van der Waals surface area contributed by atoms with Crippen LogP contribution in [-0.4, -0.2) is 34.3 Å². The number of rotatable bonds is 4. The van der Waals surface area contributed by atoms with Crippen molar-refractivity contribution in [2.24, 2.45) is 0 Å². The van der Waals surface area contributed by atoms with Crippen molar-refractivity contribution in [2.75, 3.05) is 13.7 Å². The first kappa shape index (κ1) is 17.8. The molecule has 1 aromatic carbocycles. The third-order valence-corrected chi connectivity index (χ3v) is 5.73. The molecule has 0 unspecified atom stereocenters. The van der Waals surface area contributed by atoms with Gasteiger partial charge in [-0.1, -0.05) is 0 Å². The molecule has 0 fully saturated rings. The molecule has 3 rings (SSSR count). The van der Waals surface area contributed by atoms with Crippen molar-refractivity contribution in [3.63, 3.8) is 0 Å². The Morgan fingerprint density at radius 1 is 1.28 bits per heavy atom. The first-order chi connectivity index (χ1) is 12.0. The highest BCUT2D eigenvalue weighted by Gasteiger charge is 2.24. The summed E-state index contributed by atoms with van der Waals surface area (Å²) in [6.45, 7) is 1.90. The summed E-state index contributed by atoms with van der Waals surface area (Å²) in [6, 6.07) is 7.43. The van der Waals surface area contributed by atoms with E-state index < -0.39 is 5.97 Å². The van der Waals surface area contributed by atoms with Crippen molar-refractivity contribution in [3.05, 3.63) is 45.2 Å². The van der Waals surface area contributed by atoms with E-state index in [-0.39, 0.29) is 18.1 Å². The third-order valence-electron chi connectivity index (χ3n) is 3.67. The maximum atomic E-state index is 12.0. The van der Waals surface area contributed by atoms with E-state index in [1.165, 1.54) is 6.20 Å². The Hall–Kier alpha value is -2.06. The van der Waals surface area contributed by atoms with Gasteiger partial charge in [0.1, 0.15) is 10.4 Å². The summed E-state index contributed by atoms with van der Waals surface area (Å²) < 4.78 is 13.3. The van der Waals surface area contributed by atoms with Gasteiger partial charge in [0.25, 0.3) is 0 Å². The number of carbonyl (C=O) groups is 1. The summed E-state index contributed by atoms with van der Waals surface area (Å²) in [4.78, 5) is 16.0. The van der Waals surface area contributed by atoms with Crippen LogP contribution in [0.1, 0.15) is 17.4 Å². The van der Waals surface area contributed by atoms with E-state index in [4.69, 9.17) is 9.47 Å². The van der Waals surface area contributed by atoms with Crippen LogP contribution in [0.4, 0.5) is 0 Å². The van der Waals surface area contributed by atoms with Gasteiger partial charge in [-0.3, -0.25) is 0 Å². The quantitative estimate of drug-likeness (QED) is 0.571. The van der Waals surface area contributed by atoms with Gasteiger partial charge in [0.15, 0.2) is 11.4 Å². The van der Waals surface area contributed by atoms with Crippen molar-refractivity contribution >= 4 is 48.7 Å². The largest absolute Gasteiger partial charge is 0.505 e. The minimum absolute atomic E-state index is 0.116. The van der Waals surface area contributed by atoms with E-state index in [1.807, 2.05) is 28.8 Å². The second kappa shape index (κ2) is 7.05. The second-order valence-corrected chi connectivity index (χ2v) is 6.62. The number of methoxy groups -OCH3 is 1. The van der Waals surface area contributed by atoms with Crippen LogP contribution in [0.2, 0.25) is 0 Å². The number of hydrogen-bond acceptors (Lipinski definition) is 5. The number of ether oxygens (including phenoxy) is 2. The highest BCUT2D eigenvalue weighted by Crippen LogP contribution is 2.42. The van der Waals surface area contributed by atoms with Crippen LogP contribution < -0.4 is 4.74 Å². The van der Waals surface area contributed by atoms with Crippen LogP contribution in [0.3, 0.4) is 0 Å². The molecule has 0 aliphatic heterocycles. The van der Waals surface area contributed by atoms with Crippen LogP contribution in [0.15, 0.2) is 39.5 Å². The minimum atomic E-state index is -0.665. The van der Waals surface area contributed by atoms with Crippen molar-refractivity contribution in [2.45, 2.75) is 6.92 Å². The lowest BCUT2D eigenvalue weighted by atomic mass is 10.2. The number of aromatic hydroxyl groups is 1. The molecule has 6 nitrogen and oxygen atoms in total. The van der Waals surface area contributed by atoms with E-state index in [1.54, 1.807) is 14.0 Å². The van der Waals surface area contributed by atoms with Gasteiger partial charge in [-0.05, 0) is 63.0 Å². The summed E-state index contributed by atoms with van der Waals surface area (Å²) >= 11 is 6.99. The van der Waals surface area contributed by atoms with Crippen molar-refractivity contribution in [1.29, 1.82) is 0 Å². The smallest absolute Gasteiger partial charge is 0.360 e. The van der Waals surface area contributed by atoms with Gasteiger partial charge >= 0.3 is 5.97 Å². The fraction of sp³-hybridized carbons (Fsp3) is 0.176. The summed E-state index contributed by atoms with van der Waals surface area (Å²) in [7, 11) is 1.60. The number of aromatic nitrogens is 2. The number of fused-ring (bicyclic) bond motifs is 1. The number of benzene rings is 1. The molecule has 0 aliphatic rings. The predicted octanol–water partition coefficient (Wildman–Crippen LogP) is 4.44. The average Bonchev–Trinajstić information content (AvgIpc) is 2.87. The summed E-state index contributed by atoms with van der Waals surface area (Å²) in [6.07, 6.45) is 1.53. The molecule has 0 saturated heterocycles. The Balaban J connectivity index is 2.23. The van der Waals surface area contributed by atoms with E-state index in [2.05, 4.69) is 36.8 Å². The molecule has 0 saturated carbocycles. The number of hydrogen-bond donors (Lipinski definition) is 1. The van der Waals surface area contributed by atoms with Gasteiger partial charge in [0, 0.05) is 5.69 Å². The predicted molar refractivity (Wildman–Crippen MR) is 101 cm³/mol. The molecule has 0 bridgehead atoms. The van der Waals surface area contributed by atoms with Crippen molar-refractivity contribution in [1.82, 2.24) is 9.55 Å². The molecule has 2 aromatic heterocycles. The monoisotopic (exact) mass is 468 g/mol. The third kappa shape index (κ3) is 3.00. The second-order valence-electron chi connectivity index (χ2n) is 5.07. The maximum Gasteiger partial charge on any atom is 0.360 e. The first-order valence-electron chi connectivity index (χ1n) is 7.38. The number of esters is 1. The number of carbonyl (C=O) groups excluding carboxylic acids is 1. The lowest BCUT2D eigenvalue weighted by molar-refractivity contribution is 0.0516. The van der Waals surface area contributed by atoms with Crippen molar-refractivity contribution < 1.29 is 19.4 Å². The van der Waals surface area contributed by atoms with E-state index in [0.717, 1.165) is 11.4 Å². The van der Waals surface area contributed by atoms with Gasteiger partial charge in [-0.15, -0.1) is 0 Å². The highest BCUT2D eigenvalue weighted by atomic mass is 79.9. The zero-order valence-electron chi connectivity index (χ0n) is 13.4. The molecule has 0 aliphatic carbocycles. The lowest BCUT2D eigenvalue weighted by Gasteiger charge is -2.09. The van der Waals surface area contributed by atoms with E-state index in [0.29, 0.717) is 20.0 Å². The fourth-order valence-corrected chi connectivity index (χ4v) is 3.68. The van der Waals surface area contributed by atoms with Crippen LogP contribution in [0.25, 0.3) is 16.6 Å². The standard InChI is InChI=1S/C17H14Br2N2O4/c1-3-25-17(23)14-15(22)12-11(8-20-14)21(16(19)13(12)18)9-4-6-10(24-2)7-5-9/h4-8,22H,3H2,1-2H3. The molecule has 0 atom stereocenters. The molecule has 0 radical (unpaired) electrons. The molecule has 0 amide bonds. The average molecular weight is 470 g/mol. The molecule has 25 heavy (non-hydrogen) atoms. The van der Waals surface area contributed by atoms with Crippen LogP contribution in [0.5, 0.6) is 11.5 Å². The zero-order valence-corrected chi connectivity index (χ0v) is 16.6. The summed E-state index contributed by atoms with van der Waals surface area (Å²) in [5.41, 5.74) is 1.36. The zero-order chi connectivity index (χ0) is 18.1. The number of halogens is 2. The molecule has 3 aromatic rings. The first-order valence-corrected chi connectivity index (χ1v) is 8.97. The molecular formula is C17H14Br2N2O4. The Kier molecular flexibility index (Phi) is 5.01. The van der Waals surface area contributed by atoms with Gasteiger partial charge in [0.2, 0.25) is 0 Å². The molecular weight excluding hydrogens is 456 g/mol. The fourth-order valence-electron chi connectivity index (χ4n) is 2.52. The van der Waals surface area contributed by atoms with Crippen molar-refractivity contribution in [3.8, 4) is 17.2 Å². The Morgan fingerprint density at radius 2 is 1.96 bits per heavy atom. The molecule has 2 heterocycles. The van der Waals surface area contributed by atoms with Crippen LogP contribution in [0, 0.1) is 0 Å². The minimum Gasteiger partial charge on any atom is -0.505 e. The van der Waals surface area contributed by atoms with E-state index in [9.17, 15) is 9.90 Å². The Morgan fingerprint density at radius 3 is 2.56 bits per heavy atom. The van der Waals surface area contributed by atoms with Crippen LogP contribution in [-0.2, 0) is 4.74 Å². The summed E-state index contributed by atoms with van der Waals surface area (Å²) in [5, 5.41) is 11.0. The number of nitrogens with zero attached hydrogens (tertiary/aromatic N) is 2. The Labute approximate surface area is 160 Å². The van der Waals surface area contributed by atoms with Crippen LogP contribution >= 0.6 is 31.9 Å². The highest BCUT2D eigenvalue weighted by molar-refractivity contribution is 9.13.